The number of rotatable bonds is 13. The molecule has 0 aliphatic carbocycles. The molecule has 1 radical (unpaired) electrons. The molecule has 0 fully saturated rings. The van der Waals surface area contributed by atoms with Crippen molar-refractivity contribution in [3.8, 4) is 0 Å². The van der Waals surface area contributed by atoms with Crippen molar-refractivity contribution in [1.82, 2.24) is 0 Å². The van der Waals surface area contributed by atoms with Crippen LogP contribution < -0.4 is 0 Å². The van der Waals surface area contributed by atoms with Crippen molar-refractivity contribution in [1.29, 1.82) is 0 Å². The van der Waals surface area contributed by atoms with Crippen molar-refractivity contribution in [3.63, 3.8) is 0 Å². The van der Waals surface area contributed by atoms with Crippen molar-refractivity contribution in [2.24, 2.45) is 0 Å². The summed E-state index contributed by atoms with van der Waals surface area (Å²) < 4.78 is 0. The quantitative estimate of drug-likeness (QED) is 0.197. The predicted octanol–water partition coefficient (Wildman–Crippen LogP) is 7.99. The maximum atomic E-state index is 3.87. The third-order valence-electron chi connectivity index (χ3n) is 3.35. The van der Waals surface area contributed by atoms with E-state index in [1.54, 1.807) is 0 Å². The Balaban J connectivity index is 0. The second-order valence-electron chi connectivity index (χ2n) is 5.20. The topological polar surface area (TPSA) is 0 Å². The fourth-order valence-corrected chi connectivity index (χ4v) is 2.19. The zero-order valence-electron chi connectivity index (χ0n) is 13.1. The van der Waals surface area contributed by atoms with Gasteiger partial charge in [-0.05, 0) is 0 Å². The van der Waals surface area contributed by atoms with E-state index in [1.165, 1.54) is 83.5 Å². The summed E-state index contributed by atoms with van der Waals surface area (Å²) in [5.74, 6) is 0. The fourth-order valence-electron chi connectivity index (χ4n) is 2.19. The Morgan fingerprint density at radius 3 is 1.16 bits per heavy atom. The number of halogens is 2. The summed E-state index contributed by atoms with van der Waals surface area (Å²) in [6.07, 6.45) is 19.8. The van der Waals surface area contributed by atoms with Gasteiger partial charge in [0.25, 0.3) is 0 Å². The molecular weight excluding hydrogens is 417 g/mol. The van der Waals surface area contributed by atoms with E-state index >= 15 is 0 Å². The first-order valence-corrected chi connectivity index (χ1v) is 22.1. The first-order chi connectivity index (χ1) is 9.33. The van der Waals surface area contributed by atoms with Crippen LogP contribution >= 0.6 is 27.2 Å². The van der Waals surface area contributed by atoms with E-state index in [2.05, 4.69) is 41.1 Å². The molecule has 0 aliphatic rings. The van der Waals surface area contributed by atoms with Crippen LogP contribution in [0.2, 0.25) is 0 Å². The van der Waals surface area contributed by atoms with Gasteiger partial charge >= 0.3 is 40.5 Å². The summed E-state index contributed by atoms with van der Waals surface area (Å²) >= 11 is 6.25. The van der Waals surface area contributed by atoms with Gasteiger partial charge in [-0.2, -0.15) is 0 Å². The third kappa shape index (κ3) is 28.5. The Bertz CT molecular complexity index is 118. The van der Waals surface area contributed by atoms with Gasteiger partial charge in [0.15, 0.2) is 0 Å². The summed E-state index contributed by atoms with van der Waals surface area (Å²) in [5.41, 5.74) is 0. The minimum atomic E-state index is -0.250. The van der Waals surface area contributed by atoms with Crippen LogP contribution in [0.5, 0.6) is 0 Å². The molecule has 0 aliphatic heterocycles. The summed E-state index contributed by atoms with van der Waals surface area (Å²) in [4.78, 5) is 0. The van der Waals surface area contributed by atoms with E-state index in [0.29, 0.717) is 0 Å². The standard InChI is InChI=1S/C16H33.2BrH.Zn/c1-3-5-7-9-11-13-15-16-14-12-10-8-6-4-2;;;/h1,3-16H2,2H3;2*1H;/q;;;+2/p-2. The fraction of sp³-hybridized carbons (Fsp3) is 0.938. The van der Waals surface area contributed by atoms with Crippen LogP contribution in [-0.4, -0.2) is 0 Å². The Morgan fingerprint density at radius 2 is 0.895 bits per heavy atom. The molecule has 0 saturated heterocycles. The molecule has 0 rings (SSSR count). The van der Waals surface area contributed by atoms with E-state index in [0.717, 1.165) is 6.42 Å². The van der Waals surface area contributed by atoms with Gasteiger partial charge in [-0.25, -0.2) is 0 Å². The molecule has 0 aromatic carbocycles. The first-order valence-electron chi connectivity index (χ1n) is 8.24. The van der Waals surface area contributed by atoms with Gasteiger partial charge in [-0.15, -0.1) is 0 Å². The smallest absolute Gasteiger partial charge is 0.0533 e. The van der Waals surface area contributed by atoms with Crippen LogP contribution in [0.3, 0.4) is 0 Å². The van der Waals surface area contributed by atoms with Crippen molar-refractivity contribution in [2.75, 3.05) is 0 Å². The maximum Gasteiger partial charge on any atom is -0.0533 e. The van der Waals surface area contributed by atoms with Crippen LogP contribution in [0, 0.1) is 6.92 Å². The largest absolute Gasteiger partial charge is 0.0654 e. The average molecular weight is 451 g/mol. The molecule has 113 valence electrons. The second-order valence-corrected chi connectivity index (χ2v) is 19.3. The van der Waals surface area contributed by atoms with E-state index < -0.39 is 0 Å². The first kappa shape index (κ1) is 22.9. The maximum absolute atomic E-state index is 3.87. The molecule has 0 saturated carbocycles. The zero-order chi connectivity index (χ0) is 14.6. The van der Waals surface area contributed by atoms with Gasteiger partial charge < -0.3 is 0 Å². The molecule has 19 heavy (non-hydrogen) atoms. The number of hydrogen-bond acceptors (Lipinski definition) is 0. The zero-order valence-corrected chi connectivity index (χ0v) is 19.2. The molecule has 0 atom stereocenters. The molecule has 0 bridgehead atoms. The third-order valence-corrected chi connectivity index (χ3v) is 3.35. The Kier molecular flexibility index (Phi) is 29.6. The van der Waals surface area contributed by atoms with E-state index in [4.69, 9.17) is 0 Å². The second kappa shape index (κ2) is 24.6. The predicted molar refractivity (Wildman–Crippen MR) is 93.5 cm³/mol. The molecule has 0 amide bonds. The minimum Gasteiger partial charge on any atom is -0.0654 e. The van der Waals surface area contributed by atoms with Gasteiger partial charge in [0.1, 0.15) is 0 Å². The van der Waals surface area contributed by atoms with Gasteiger partial charge in [0.2, 0.25) is 0 Å². The van der Waals surface area contributed by atoms with Crippen LogP contribution in [-0.2, 0) is 13.2 Å². The van der Waals surface area contributed by atoms with Gasteiger partial charge in [0, 0.05) is 0 Å². The molecule has 0 heterocycles. The SMILES string of the molecule is [Br][Zn][Br].[CH2]CCCCCCCCCCCCCCC. The normalized spacial score (nSPS) is 9.68. The molecule has 0 nitrogen and oxygen atoms in total. The number of unbranched alkanes of at least 4 members (excludes halogenated alkanes) is 13. The Labute approximate surface area is 143 Å². The van der Waals surface area contributed by atoms with Gasteiger partial charge in [-0.3, -0.25) is 0 Å². The average Bonchev–Trinajstić information content (AvgIpc) is 2.41. The molecule has 0 unspecified atom stereocenters. The van der Waals surface area contributed by atoms with E-state index in [-0.39, 0.29) is 13.2 Å². The van der Waals surface area contributed by atoms with Crippen LogP contribution in [0.15, 0.2) is 0 Å². The van der Waals surface area contributed by atoms with Crippen molar-refractivity contribution >= 4 is 27.2 Å². The monoisotopic (exact) mass is 447 g/mol. The van der Waals surface area contributed by atoms with Crippen molar-refractivity contribution in [2.45, 2.75) is 96.8 Å². The molecule has 0 aromatic rings. The van der Waals surface area contributed by atoms with E-state index in [9.17, 15) is 0 Å². The molecule has 0 N–H and O–H groups in total. The van der Waals surface area contributed by atoms with Crippen molar-refractivity contribution in [3.05, 3.63) is 6.92 Å². The van der Waals surface area contributed by atoms with Crippen LogP contribution in [0.4, 0.5) is 0 Å². The Hall–Kier alpha value is 1.58. The summed E-state index contributed by atoms with van der Waals surface area (Å²) in [6, 6.07) is 0. The van der Waals surface area contributed by atoms with Gasteiger partial charge in [0.05, 0.1) is 0 Å². The molecule has 0 spiro atoms. The van der Waals surface area contributed by atoms with E-state index in [1.807, 2.05) is 0 Å². The molecule has 0 aromatic heterocycles. The Morgan fingerprint density at radius 1 is 0.632 bits per heavy atom. The summed E-state index contributed by atoms with van der Waals surface area (Å²) in [7, 11) is 0. The molecular formula is C16H33Br2Zn. The summed E-state index contributed by atoms with van der Waals surface area (Å²) in [6.45, 7) is 6.16. The summed E-state index contributed by atoms with van der Waals surface area (Å²) in [5, 5.41) is 0. The minimum absolute atomic E-state index is 0.250. The van der Waals surface area contributed by atoms with Crippen LogP contribution in [0.1, 0.15) is 96.8 Å². The van der Waals surface area contributed by atoms with Crippen LogP contribution in [0.25, 0.3) is 0 Å². The van der Waals surface area contributed by atoms with Crippen molar-refractivity contribution < 1.29 is 13.2 Å². The van der Waals surface area contributed by atoms with Gasteiger partial charge in [-0.1, -0.05) is 104 Å². The number of hydrogen-bond donors (Lipinski definition) is 0. The molecule has 3 heteroatoms.